The third-order valence-corrected chi connectivity index (χ3v) is 5.31. The Hall–Kier alpha value is -3.27. The molecule has 0 radical (unpaired) electrons. The van der Waals surface area contributed by atoms with Gasteiger partial charge in [-0.15, -0.1) is 0 Å². The van der Waals surface area contributed by atoms with Crippen molar-refractivity contribution in [1.29, 1.82) is 0 Å². The molecule has 0 N–H and O–H groups in total. The molecule has 3 aromatic carbocycles. The fourth-order valence-corrected chi connectivity index (χ4v) is 3.73. The van der Waals surface area contributed by atoms with Crippen molar-refractivity contribution in [3.8, 4) is 22.6 Å². The molecule has 0 amide bonds. The Kier molecular flexibility index (Phi) is 5.80. The number of methoxy groups -OCH3 is 2. The van der Waals surface area contributed by atoms with Gasteiger partial charge in [0.2, 0.25) is 0 Å². The molecule has 1 fully saturated rings. The van der Waals surface area contributed by atoms with Crippen LogP contribution in [0.5, 0.6) is 11.5 Å². The molecule has 1 aliphatic heterocycles. The van der Waals surface area contributed by atoms with Crippen molar-refractivity contribution in [1.82, 2.24) is 0 Å². The lowest BCUT2D eigenvalue weighted by Crippen LogP contribution is -2.18. The van der Waals surface area contributed by atoms with E-state index in [0.717, 1.165) is 41.5 Å². The van der Waals surface area contributed by atoms with Crippen molar-refractivity contribution in [2.75, 3.05) is 32.2 Å². The van der Waals surface area contributed by atoms with Gasteiger partial charge in [0.25, 0.3) is 0 Å². The molecule has 148 valence electrons. The van der Waals surface area contributed by atoms with Crippen molar-refractivity contribution in [3.63, 3.8) is 0 Å². The second-order valence-electron chi connectivity index (χ2n) is 7.13. The highest BCUT2D eigenvalue weighted by molar-refractivity contribution is 5.88. The number of rotatable bonds is 6. The molecule has 0 aromatic heterocycles. The van der Waals surface area contributed by atoms with Crippen molar-refractivity contribution < 1.29 is 9.47 Å². The molecule has 0 unspecified atom stereocenters. The minimum Gasteiger partial charge on any atom is -0.496 e. The fraction of sp³-hybridized carbons (Fsp3) is 0.240. The van der Waals surface area contributed by atoms with Crippen molar-refractivity contribution >= 4 is 17.6 Å². The average molecular weight is 386 g/mol. The highest BCUT2D eigenvalue weighted by Crippen LogP contribution is 2.36. The summed E-state index contributed by atoms with van der Waals surface area (Å²) in [5.74, 6) is 1.66. The van der Waals surface area contributed by atoms with Crippen LogP contribution in [-0.4, -0.2) is 33.5 Å². The molecule has 4 heteroatoms. The number of hydrogen-bond donors (Lipinski definition) is 0. The van der Waals surface area contributed by atoms with Gasteiger partial charge in [-0.25, -0.2) is 0 Å². The summed E-state index contributed by atoms with van der Waals surface area (Å²) in [4.78, 5) is 7.00. The molecule has 0 spiro atoms. The highest BCUT2D eigenvalue weighted by Gasteiger charge is 2.19. The van der Waals surface area contributed by atoms with Crippen LogP contribution >= 0.6 is 0 Å². The van der Waals surface area contributed by atoms with Gasteiger partial charge in [0.05, 0.1) is 25.6 Å². The van der Waals surface area contributed by atoms with Crippen LogP contribution in [0.15, 0.2) is 71.7 Å². The molecular weight excluding hydrogens is 360 g/mol. The van der Waals surface area contributed by atoms with Crippen LogP contribution in [0.3, 0.4) is 0 Å². The predicted molar refractivity (Wildman–Crippen MR) is 120 cm³/mol. The van der Waals surface area contributed by atoms with Crippen LogP contribution in [0.2, 0.25) is 0 Å². The molecule has 29 heavy (non-hydrogen) atoms. The number of ether oxygens (including phenoxy) is 2. The highest BCUT2D eigenvalue weighted by atomic mass is 16.5. The Balaban J connectivity index is 1.59. The summed E-state index contributed by atoms with van der Waals surface area (Å²) in [7, 11) is 3.41. The van der Waals surface area contributed by atoms with Crippen LogP contribution in [-0.2, 0) is 0 Å². The van der Waals surface area contributed by atoms with E-state index in [4.69, 9.17) is 9.47 Å². The Morgan fingerprint density at radius 3 is 2.10 bits per heavy atom. The Bertz CT molecular complexity index is 976. The van der Waals surface area contributed by atoms with Gasteiger partial charge in [-0.2, -0.15) is 0 Å². The Labute approximate surface area is 172 Å². The standard InChI is InChI=1S/C25H26N2O2/c1-28-24-17-23(27-14-6-7-15-27)25(29-2)16-21(24)18-26-22-12-10-20(11-13-22)19-8-4-3-5-9-19/h3-5,8-13,16-18H,6-7,14-15H2,1-2H3. The molecule has 0 atom stereocenters. The lowest BCUT2D eigenvalue weighted by Gasteiger charge is -2.22. The lowest BCUT2D eigenvalue weighted by atomic mass is 10.1. The molecule has 4 rings (SSSR count). The maximum Gasteiger partial charge on any atom is 0.143 e. The second-order valence-corrected chi connectivity index (χ2v) is 7.13. The third-order valence-electron chi connectivity index (χ3n) is 5.31. The number of anilines is 1. The van der Waals surface area contributed by atoms with Crippen molar-refractivity contribution in [2.45, 2.75) is 12.8 Å². The van der Waals surface area contributed by atoms with E-state index < -0.39 is 0 Å². The Morgan fingerprint density at radius 1 is 0.793 bits per heavy atom. The lowest BCUT2D eigenvalue weighted by molar-refractivity contribution is 0.402. The first-order valence-corrected chi connectivity index (χ1v) is 9.99. The largest absolute Gasteiger partial charge is 0.496 e. The van der Waals surface area contributed by atoms with Gasteiger partial charge < -0.3 is 14.4 Å². The van der Waals surface area contributed by atoms with E-state index in [0.29, 0.717) is 0 Å². The molecule has 1 aliphatic rings. The first kappa shape index (κ1) is 19.1. The summed E-state index contributed by atoms with van der Waals surface area (Å²) in [5.41, 5.74) is 5.27. The maximum absolute atomic E-state index is 5.66. The summed E-state index contributed by atoms with van der Waals surface area (Å²) >= 11 is 0. The van der Waals surface area contributed by atoms with E-state index in [9.17, 15) is 0 Å². The topological polar surface area (TPSA) is 34.1 Å². The zero-order valence-electron chi connectivity index (χ0n) is 17.0. The van der Waals surface area contributed by atoms with Gasteiger partial charge in [-0.3, -0.25) is 4.99 Å². The van der Waals surface area contributed by atoms with Gasteiger partial charge in [-0.05, 0) is 42.2 Å². The molecule has 4 nitrogen and oxygen atoms in total. The van der Waals surface area contributed by atoms with E-state index >= 15 is 0 Å². The van der Waals surface area contributed by atoms with Crippen LogP contribution in [0.25, 0.3) is 11.1 Å². The quantitative estimate of drug-likeness (QED) is 0.508. The fourth-order valence-electron chi connectivity index (χ4n) is 3.73. The first-order chi connectivity index (χ1) is 14.3. The van der Waals surface area contributed by atoms with Crippen LogP contribution in [0.1, 0.15) is 18.4 Å². The minimum absolute atomic E-state index is 0.803. The first-order valence-electron chi connectivity index (χ1n) is 9.99. The van der Waals surface area contributed by atoms with E-state index in [2.05, 4.69) is 40.2 Å². The third kappa shape index (κ3) is 4.27. The molecule has 3 aromatic rings. The van der Waals surface area contributed by atoms with Crippen molar-refractivity contribution in [2.24, 2.45) is 4.99 Å². The number of benzene rings is 3. The summed E-state index contributed by atoms with van der Waals surface area (Å²) < 4.78 is 11.3. The zero-order valence-corrected chi connectivity index (χ0v) is 17.0. The molecular formula is C25H26N2O2. The van der Waals surface area contributed by atoms with Gasteiger partial charge in [-0.1, -0.05) is 42.5 Å². The van der Waals surface area contributed by atoms with Crippen molar-refractivity contribution in [3.05, 3.63) is 72.3 Å². The van der Waals surface area contributed by atoms with E-state index in [1.54, 1.807) is 14.2 Å². The predicted octanol–water partition coefficient (Wildman–Crippen LogP) is 5.72. The summed E-state index contributed by atoms with van der Waals surface area (Å²) in [6, 6.07) is 22.7. The summed E-state index contributed by atoms with van der Waals surface area (Å²) in [6.07, 6.45) is 4.27. The molecule has 1 heterocycles. The van der Waals surface area contributed by atoms with Crippen LogP contribution in [0, 0.1) is 0 Å². The molecule has 0 saturated carbocycles. The summed E-state index contributed by atoms with van der Waals surface area (Å²) in [5, 5.41) is 0. The molecule has 0 bridgehead atoms. The number of aliphatic imine (C=N–C) groups is 1. The second kappa shape index (κ2) is 8.82. The number of nitrogens with zero attached hydrogens (tertiary/aromatic N) is 2. The zero-order chi connectivity index (χ0) is 20.1. The van der Waals surface area contributed by atoms with Crippen LogP contribution in [0.4, 0.5) is 11.4 Å². The molecule has 0 aliphatic carbocycles. The SMILES string of the molecule is COc1cc(N2CCCC2)c(OC)cc1C=Nc1ccc(-c2ccccc2)cc1. The van der Waals surface area contributed by atoms with Crippen LogP contribution < -0.4 is 14.4 Å². The van der Waals surface area contributed by atoms with E-state index in [1.807, 2.05) is 42.6 Å². The minimum atomic E-state index is 0.803. The van der Waals surface area contributed by atoms with Gasteiger partial charge in [0, 0.05) is 30.9 Å². The Morgan fingerprint density at radius 2 is 1.45 bits per heavy atom. The smallest absolute Gasteiger partial charge is 0.143 e. The monoisotopic (exact) mass is 386 g/mol. The normalized spacial score (nSPS) is 13.8. The maximum atomic E-state index is 5.66. The average Bonchev–Trinajstić information content (AvgIpc) is 3.33. The van der Waals surface area contributed by atoms with E-state index in [-0.39, 0.29) is 0 Å². The van der Waals surface area contributed by atoms with E-state index in [1.165, 1.54) is 24.0 Å². The van der Waals surface area contributed by atoms with Gasteiger partial charge >= 0.3 is 0 Å². The van der Waals surface area contributed by atoms with Gasteiger partial charge in [0.15, 0.2) is 0 Å². The van der Waals surface area contributed by atoms with Gasteiger partial charge in [0.1, 0.15) is 11.5 Å². The number of hydrogen-bond acceptors (Lipinski definition) is 4. The molecule has 1 saturated heterocycles. The summed E-state index contributed by atoms with van der Waals surface area (Å²) in [6.45, 7) is 2.11.